The standard InChI is InChI=1S/C21H22N2O4S/c1-15(27-20-12-10-19(11-13-20)23(2)28(3,25)26)21(24)22-18-9-8-16-6-4-5-7-17(16)14-18/h4-15H,1-3H3,(H,22,24). The van der Waals surface area contributed by atoms with E-state index in [4.69, 9.17) is 4.74 Å². The quantitative estimate of drug-likeness (QED) is 0.688. The zero-order valence-corrected chi connectivity index (χ0v) is 16.7. The molecule has 0 heterocycles. The molecule has 0 saturated heterocycles. The van der Waals surface area contributed by atoms with Gasteiger partial charge in [0.15, 0.2) is 6.10 Å². The topological polar surface area (TPSA) is 75.7 Å². The molecule has 1 amide bonds. The first-order valence-corrected chi connectivity index (χ1v) is 10.6. The van der Waals surface area contributed by atoms with Crippen LogP contribution in [-0.2, 0) is 14.8 Å². The van der Waals surface area contributed by atoms with Crippen LogP contribution in [0.4, 0.5) is 11.4 Å². The molecule has 146 valence electrons. The maximum Gasteiger partial charge on any atom is 0.265 e. The third-order valence-corrected chi connectivity index (χ3v) is 5.60. The largest absolute Gasteiger partial charge is 0.481 e. The average Bonchev–Trinajstić information content (AvgIpc) is 2.67. The number of anilines is 2. The van der Waals surface area contributed by atoms with E-state index in [1.165, 1.54) is 11.4 Å². The first-order chi connectivity index (χ1) is 13.2. The summed E-state index contributed by atoms with van der Waals surface area (Å²) in [6.07, 6.45) is 0.418. The smallest absolute Gasteiger partial charge is 0.265 e. The minimum atomic E-state index is -3.33. The second kappa shape index (κ2) is 7.90. The number of nitrogens with one attached hydrogen (secondary N) is 1. The van der Waals surface area contributed by atoms with E-state index in [-0.39, 0.29) is 5.91 Å². The Morgan fingerprint density at radius 2 is 1.64 bits per heavy atom. The van der Waals surface area contributed by atoms with E-state index in [9.17, 15) is 13.2 Å². The number of nitrogens with zero attached hydrogens (tertiary/aromatic N) is 1. The average molecular weight is 398 g/mol. The molecular formula is C21H22N2O4S. The Hall–Kier alpha value is -3.06. The summed E-state index contributed by atoms with van der Waals surface area (Å²) in [5.74, 6) is 0.208. The number of amides is 1. The minimum Gasteiger partial charge on any atom is -0.481 e. The third kappa shape index (κ3) is 4.61. The van der Waals surface area contributed by atoms with Crippen LogP contribution >= 0.6 is 0 Å². The molecule has 6 nitrogen and oxygen atoms in total. The van der Waals surface area contributed by atoms with Crippen LogP contribution in [0.2, 0.25) is 0 Å². The van der Waals surface area contributed by atoms with Crippen LogP contribution in [0.5, 0.6) is 5.75 Å². The summed E-state index contributed by atoms with van der Waals surface area (Å²) in [6, 6.07) is 20.2. The highest BCUT2D eigenvalue weighted by molar-refractivity contribution is 7.92. The Morgan fingerprint density at radius 1 is 1.00 bits per heavy atom. The van der Waals surface area contributed by atoms with Crippen molar-refractivity contribution in [2.24, 2.45) is 0 Å². The normalized spacial score (nSPS) is 12.4. The van der Waals surface area contributed by atoms with E-state index in [1.54, 1.807) is 31.2 Å². The summed E-state index contributed by atoms with van der Waals surface area (Å²) < 4.78 is 30.0. The fraction of sp³-hybridized carbons (Fsp3) is 0.190. The van der Waals surface area contributed by atoms with Crippen molar-refractivity contribution >= 4 is 38.1 Å². The molecule has 0 aliphatic heterocycles. The van der Waals surface area contributed by atoms with Gasteiger partial charge in [-0.1, -0.05) is 30.3 Å². The first-order valence-electron chi connectivity index (χ1n) is 8.74. The Labute approximate surface area is 164 Å². The van der Waals surface area contributed by atoms with Gasteiger partial charge in [0, 0.05) is 12.7 Å². The summed E-state index contributed by atoms with van der Waals surface area (Å²) >= 11 is 0. The van der Waals surface area contributed by atoms with Crippen molar-refractivity contribution in [1.82, 2.24) is 0 Å². The SMILES string of the molecule is CC(Oc1ccc(N(C)S(C)(=O)=O)cc1)C(=O)Nc1ccc2ccccc2c1. The van der Waals surface area contributed by atoms with Crippen LogP contribution in [0.25, 0.3) is 10.8 Å². The predicted octanol–water partition coefficient (Wildman–Crippen LogP) is 3.64. The number of rotatable bonds is 6. The number of fused-ring (bicyclic) bond motifs is 1. The molecule has 0 spiro atoms. The molecule has 28 heavy (non-hydrogen) atoms. The lowest BCUT2D eigenvalue weighted by atomic mass is 10.1. The summed E-state index contributed by atoms with van der Waals surface area (Å²) in [7, 11) is -1.85. The highest BCUT2D eigenvalue weighted by Crippen LogP contribution is 2.22. The van der Waals surface area contributed by atoms with E-state index >= 15 is 0 Å². The number of benzene rings is 3. The van der Waals surface area contributed by atoms with E-state index in [0.717, 1.165) is 17.0 Å². The molecular weight excluding hydrogens is 376 g/mol. The minimum absolute atomic E-state index is 0.271. The predicted molar refractivity (Wildman–Crippen MR) is 112 cm³/mol. The number of sulfonamides is 1. The molecule has 1 atom stereocenters. The van der Waals surface area contributed by atoms with E-state index < -0.39 is 16.1 Å². The van der Waals surface area contributed by atoms with Gasteiger partial charge in [-0.3, -0.25) is 9.10 Å². The van der Waals surface area contributed by atoms with Crippen molar-refractivity contribution in [3.63, 3.8) is 0 Å². The lowest BCUT2D eigenvalue weighted by molar-refractivity contribution is -0.122. The Balaban J connectivity index is 1.65. The molecule has 0 aliphatic rings. The summed E-state index contributed by atoms with van der Waals surface area (Å²) in [5, 5.41) is 4.99. The zero-order valence-electron chi connectivity index (χ0n) is 15.9. The van der Waals surface area contributed by atoms with Gasteiger partial charge in [-0.2, -0.15) is 0 Å². The van der Waals surface area contributed by atoms with Gasteiger partial charge in [0.2, 0.25) is 10.0 Å². The highest BCUT2D eigenvalue weighted by atomic mass is 32.2. The molecule has 1 unspecified atom stereocenters. The number of carbonyl (C=O) groups is 1. The Morgan fingerprint density at radius 3 is 2.29 bits per heavy atom. The molecule has 0 saturated carbocycles. The lowest BCUT2D eigenvalue weighted by Gasteiger charge is -2.18. The monoisotopic (exact) mass is 398 g/mol. The number of hydrogen-bond acceptors (Lipinski definition) is 4. The zero-order chi connectivity index (χ0) is 20.3. The van der Waals surface area contributed by atoms with E-state index in [1.807, 2.05) is 42.5 Å². The first kappa shape index (κ1) is 19.7. The lowest BCUT2D eigenvalue weighted by Crippen LogP contribution is -2.30. The van der Waals surface area contributed by atoms with Crippen LogP contribution in [0.15, 0.2) is 66.7 Å². The van der Waals surface area contributed by atoms with Crippen LogP contribution in [0, 0.1) is 0 Å². The van der Waals surface area contributed by atoms with Gasteiger partial charge >= 0.3 is 0 Å². The van der Waals surface area contributed by atoms with Gasteiger partial charge in [-0.25, -0.2) is 8.42 Å². The Kier molecular flexibility index (Phi) is 5.56. The fourth-order valence-electron chi connectivity index (χ4n) is 2.69. The third-order valence-electron chi connectivity index (χ3n) is 4.40. The van der Waals surface area contributed by atoms with Crippen LogP contribution < -0.4 is 14.4 Å². The van der Waals surface area contributed by atoms with E-state index in [2.05, 4.69) is 5.32 Å². The van der Waals surface area contributed by atoms with Gasteiger partial charge < -0.3 is 10.1 Å². The molecule has 3 rings (SSSR count). The number of carbonyl (C=O) groups excluding carboxylic acids is 1. The number of ether oxygens (including phenoxy) is 1. The molecule has 0 radical (unpaired) electrons. The summed E-state index contributed by atoms with van der Waals surface area (Å²) in [5.41, 5.74) is 1.22. The van der Waals surface area contributed by atoms with Crippen molar-refractivity contribution in [1.29, 1.82) is 0 Å². The second-order valence-electron chi connectivity index (χ2n) is 6.54. The van der Waals surface area contributed by atoms with Gasteiger partial charge in [0.1, 0.15) is 5.75 Å². The van der Waals surface area contributed by atoms with Crippen molar-refractivity contribution in [3.05, 3.63) is 66.7 Å². The molecule has 3 aromatic carbocycles. The summed E-state index contributed by atoms with van der Waals surface area (Å²) in [6.45, 7) is 1.66. The molecule has 0 bridgehead atoms. The maximum atomic E-state index is 12.4. The molecule has 0 aromatic heterocycles. The Bertz CT molecular complexity index is 1090. The van der Waals surface area contributed by atoms with Gasteiger partial charge in [0.25, 0.3) is 5.91 Å². The molecule has 0 aliphatic carbocycles. The van der Waals surface area contributed by atoms with Crippen molar-refractivity contribution in [2.45, 2.75) is 13.0 Å². The van der Waals surface area contributed by atoms with Gasteiger partial charge in [0.05, 0.1) is 11.9 Å². The van der Waals surface area contributed by atoms with Gasteiger partial charge in [-0.15, -0.1) is 0 Å². The van der Waals surface area contributed by atoms with Crippen LogP contribution in [0.1, 0.15) is 6.92 Å². The van der Waals surface area contributed by atoms with Crippen molar-refractivity contribution in [2.75, 3.05) is 22.9 Å². The van der Waals surface area contributed by atoms with Crippen molar-refractivity contribution < 1.29 is 17.9 Å². The van der Waals surface area contributed by atoms with Crippen LogP contribution in [0.3, 0.4) is 0 Å². The maximum absolute atomic E-state index is 12.4. The van der Waals surface area contributed by atoms with Crippen LogP contribution in [-0.4, -0.2) is 33.7 Å². The van der Waals surface area contributed by atoms with Gasteiger partial charge in [-0.05, 0) is 54.1 Å². The molecule has 0 fully saturated rings. The molecule has 3 aromatic rings. The fourth-order valence-corrected chi connectivity index (χ4v) is 3.20. The second-order valence-corrected chi connectivity index (χ2v) is 8.55. The molecule has 1 N–H and O–H groups in total. The highest BCUT2D eigenvalue weighted by Gasteiger charge is 2.16. The summed E-state index contributed by atoms with van der Waals surface area (Å²) in [4.78, 5) is 12.4. The van der Waals surface area contributed by atoms with Crippen molar-refractivity contribution in [3.8, 4) is 5.75 Å². The number of hydrogen-bond donors (Lipinski definition) is 1. The van der Waals surface area contributed by atoms with E-state index in [0.29, 0.717) is 17.1 Å². The molecule has 7 heteroatoms.